The topological polar surface area (TPSA) is 6.48 Å². The number of rotatable bonds is 6. The average molecular weight is 280 g/mol. The number of nitrogens with zero attached hydrogens (tertiary/aromatic N) is 2. The van der Waals surface area contributed by atoms with E-state index in [9.17, 15) is 0 Å². The van der Waals surface area contributed by atoms with Gasteiger partial charge in [-0.15, -0.1) is 36.5 Å². The zero-order chi connectivity index (χ0) is 15.2. The van der Waals surface area contributed by atoms with Crippen LogP contribution in [0, 0.1) is 48.4 Å². The predicted octanol–water partition coefficient (Wildman–Crippen LogP) is 2.18. The molecule has 0 atom stereocenters. The summed E-state index contributed by atoms with van der Waals surface area (Å²) >= 11 is 0. The molecule has 1 heterocycles. The Balaban J connectivity index is 2.09. The Labute approximate surface area is 130 Å². The molecule has 1 saturated heterocycles. The maximum absolute atomic E-state index is 5.20. The molecule has 0 saturated carbocycles. The maximum Gasteiger partial charge on any atom is 0.0613 e. The molecule has 1 aliphatic heterocycles. The van der Waals surface area contributed by atoms with Gasteiger partial charge >= 0.3 is 0 Å². The third-order valence-corrected chi connectivity index (χ3v) is 3.23. The Morgan fingerprint density at radius 3 is 1.57 bits per heavy atom. The van der Waals surface area contributed by atoms with Crippen LogP contribution < -0.4 is 0 Å². The molecule has 110 valence electrons. The summed E-state index contributed by atoms with van der Waals surface area (Å²) in [5.41, 5.74) is 0. The van der Waals surface area contributed by atoms with Crippen LogP contribution in [0.25, 0.3) is 0 Å². The van der Waals surface area contributed by atoms with Crippen molar-refractivity contribution in [1.82, 2.24) is 9.80 Å². The molecule has 1 aliphatic rings. The van der Waals surface area contributed by atoms with Crippen molar-refractivity contribution in [2.24, 2.45) is 0 Å². The quantitative estimate of drug-likeness (QED) is 0.543. The molecule has 0 aromatic carbocycles. The highest BCUT2D eigenvalue weighted by Crippen LogP contribution is 2.03. The van der Waals surface area contributed by atoms with E-state index in [1.807, 2.05) is 0 Å². The summed E-state index contributed by atoms with van der Waals surface area (Å²) in [6.45, 7) is 4.83. The van der Waals surface area contributed by atoms with E-state index >= 15 is 0 Å². The smallest absolute Gasteiger partial charge is 0.0613 e. The number of unbranched alkanes of at least 4 members (excludes halogenated alkanes) is 4. The van der Waals surface area contributed by atoms with Crippen molar-refractivity contribution >= 4 is 0 Å². The van der Waals surface area contributed by atoms with Gasteiger partial charge in [-0.05, 0) is 12.8 Å². The lowest BCUT2D eigenvalue weighted by Crippen LogP contribution is -2.26. The van der Waals surface area contributed by atoms with Gasteiger partial charge < -0.3 is 0 Å². The molecule has 2 heteroatoms. The first-order valence-electron chi connectivity index (χ1n) is 7.60. The number of hydrogen-bond donors (Lipinski definition) is 0. The zero-order valence-electron chi connectivity index (χ0n) is 12.8. The largest absolute Gasteiger partial charge is 0.278 e. The van der Waals surface area contributed by atoms with Crippen LogP contribution in [0.3, 0.4) is 0 Å². The van der Waals surface area contributed by atoms with Crippen molar-refractivity contribution < 1.29 is 0 Å². The van der Waals surface area contributed by atoms with Crippen LogP contribution >= 0.6 is 0 Å². The normalized spacial score (nSPS) is 14.4. The summed E-state index contributed by atoms with van der Waals surface area (Å²) in [7, 11) is 0. The molecule has 0 aromatic rings. The van der Waals surface area contributed by atoms with Gasteiger partial charge in [0.2, 0.25) is 0 Å². The Kier molecular flexibility index (Phi) is 9.79. The summed E-state index contributed by atoms with van der Waals surface area (Å²) in [5, 5.41) is 0. The van der Waals surface area contributed by atoms with E-state index in [1.54, 1.807) is 0 Å². The molecule has 0 unspecified atom stereocenters. The van der Waals surface area contributed by atoms with E-state index in [0.29, 0.717) is 0 Å². The SMILES string of the molecule is C#CCCCC#CCN1CCN(CC#CCCCC#C)C1. The molecule has 0 aromatic heterocycles. The van der Waals surface area contributed by atoms with E-state index in [1.165, 1.54) is 0 Å². The summed E-state index contributed by atoms with van der Waals surface area (Å²) < 4.78 is 0. The van der Waals surface area contributed by atoms with Crippen molar-refractivity contribution in [3.05, 3.63) is 0 Å². The lowest BCUT2D eigenvalue weighted by Gasteiger charge is -2.13. The van der Waals surface area contributed by atoms with E-state index < -0.39 is 0 Å². The third kappa shape index (κ3) is 8.84. The molecule has 21 heavy (non-hydrogen) atoms. The summed E-state index contributed by atoms with van der Waals surface area (Å²) in [4.78, 5) is 4.71. The minimum atomic E-state index is 0.826. The Morgan fingerprint density at radius 2 is 1.14 bits per heavy atom. The Hall–Kier alpha value is -1.84. The summed E-state index contributed by atoms with van der Waals surface area (Å²) in [6, 6.07) is 0. The number of hydrogen-bond acceptors (Lipinski definition) is 2. The average Bonchev–Trinajstić information content (AvgIpc) is 2.94. The monoisotopic (exact) mass is 280 g/mol. The zero-order valence-corrected chi connectivity index (χ0v) is 12.8. The van der Waals surface area contributed by atoms with Crippen molar-refractivity contribution in [3.63, 3.8) is 0 Å². The lowest BCUT2D eigenvalue weighted by molar-refractivity contribution is 0.284. The molecule has 0 bridgehead atoms. The van der Waals surface area contributed by atoms with Crippen molar-refractivity contribution in [2.75, 3.05) is 32.8 Å². The third-order valence-electron chi connectivity index (χ3n) is 3.23. The van der Waals surface area contributed by atoms with Crippen LogP contribution in [0.2, 0.25) is 0 Å². The van der Waals surface area contributed by atoms with Crippen LogP contribution in [-0.2, 0) is 0 Å². The minimum Gasteiger partial charge on any atom is -0.278 e. The van der Waals surface area contributed by atoms with Gasteiger partial charge in [0.25, 0.3) is 0 Å². The molecule has 0 aliphatic carbocycles. The second kappa shape index (κ2) is 11.9. The van der Waals surface area contributed by atoms with E-state index in [2.05, 4.69) is 45.3 Å². The fourth-order valence-corrected chi connectivity index (χ4v) is 2.04. The predicted molar refractivity (Wildman–Crippen MR) is 88.9 cm³/mol. The van der Waals surface area contributed by atoms with Crippen LogP contribution in [0.5, 0.6) is 0 Å². The van der Waals surface area contributed by atoms with Crippen LogP contribution in [0.15, 0.2) is 0 Å². The van der Waals surface area contributed by atoms with Gasteiger partial charge in [0.1, 0.15) is 0 Å². The first kappa shape index (κ1) is 17.2. The van der Waals surface area contributed by atoms with Gasteiger partial charge in [0, 0.05) is 38.8 Å². The molecule has 2 nitrogen and oxygen atoms in total. The van der Waals surface area contributed by atoms with Crippen LogP contribution in [0.1, 0.15) is 38.5 Å². The van der Waals surface area contributed by atoms with Gasteiger partial charge in [0.15, 0.2) is 0 Å². The van der Waals surface area contributed by atoms with Crippen LogP contribution in [0.4, 0.5) is 0 Å². The number of terminal acetylenes is 2. The molecular weight excluding hydrogens is 256 g/mol. The van der Waals surface area contributed by atoms with Gasteiger partial charge in [-0.3, -0.25) is 9.80 Å². The van der Waals surface area contributed by atoms with E-state index in [0.717, 1.165) is 71.4 Å². The second-order valence-electron chi connectivity index (χ2n) is 5.07. The molecule has 0 spiro atoms. The highest BCUT2D eigenvalue weighted by atomic mass is 15.4. The van der Waals surface area contributed by atoms with Gasteiger partial charge in [-0.25, -0.2) is 0 Å². The summed E-state index contributed by atoms with van der Waals surface area (Å²) in [6.07, 6.45) is 15.9. The van der Waals surface area contributed by atoms with Crippen molar-refractivity contribution in [2.45, 2.75) is 38.5 Å². The first-order valence-corrected chi connectivity index (χ1v) is 7.60. The molecule has 1 rings (SSSR count). The first-order chi connectivity index (χ1) is 10.4. The van der Waals surface area contributed by atoms with Gasteiger partial charge in [-0.1, -0.05) is 11.8 Å². The Morgan fingerprint density at radius 1 is 0.667 bits per heavy atom. The van der Waals surface area contributed by atoms with Crippen molar-refractivity contribution in [1.29, 1.82) is 0 Å². The van der Waals surface area contributed by atoms with Gasteiger partial charge in [0.05, 0.1) is 19.8 Å². The summed E-state index contributed by atoms with van der Waals surface area (Å²) in [5.74, 6) is 18.1. The lowest BCUT2D eigenvalue weighted by atomic mass is 10.2. The Bertz CT molecular complexity index is 438. The minimum absolute atomic E-state index is 0.826. The highest BCUT2D eigenvalue weighted by Gasteiger charge is 2.17. The molecular formula is C19H24N2. The second-order valence-corrected chi connectivity index (χ2v) is 5.07. The van der Waals surface area contributed by atoms with Crippen molar-refractivity contribution in [3.8, 4) is 48.4 Å². The standard InChI is InChI=1S/C19H24N2/c1-3-5-7-9-11-13-15-20-17-18-21(19-20)16-14-12-10-8-6-4-2/h1-2H,5-10,15-19H2. The molecule has 0 amide bonds. The molecule has 0 radical (unpaired) electrons. The van der Waals surface area contributed by atoms with E-state index in [-0.39, 0.29) is 0 Å². The molecule has 1 fully saturated rings. The fraction of sp³-hybridized carbons (Fsp3) is 0.579. The highest BCUT2D eigenvalue weighted by molar-refractivity contribution is 5.04. The van der Waals surface area contributed by atoms with E-state index in [4.69, 9.17) is 12.8 Å². The van der Waals surface area contributed by atoms with Gasteiger partial charge in [-0.2, -0.15) is 0 Å². The molecule has 0 N–H and O–H groups in total. The maximum atomic E-state index is 5.20. The fourth-order valence-electron chi connectivity index (χ4n) is 2.04. The van der Waals surface area contributed by atoms with Crippen LogP contribution in [-0.4, -0.2) is 42.6 Å².